The zero-order valence-corrected chi connectivity index (χ0v) is 15.1. The SMILES string of the molecule is CC(C)(C)CC(c1ccc(S(=O)(=O)NC=O)cc1)C(C)(C)C. The quantitative estimate of drug-likeness (QED) is 0.840. The average Bonchev–Trinajstić information content (AvgIpc) is 2.34. The van der Waals surface area contributed by atoms with Gasteiger partial charge in [-0.3, -0.25) is 9.52 Å². The second-order valence-corrected chi connectivity index (χ2v) is 9.71. The van der Waals surface area contributed by atoms with E-state index in [0.717, 1.165) is 12.0 Å². The van der Waals surface area contributed by atoms with Crippen LogP contribution >= 0.6 is 0 Å². The molecule has 0 aliphatic rings. The van der Waals surface area contributed by atoms with Crippen LogP contribution in [0.25, 0.3) is 0 Å². The number of nitrogens with one attached hydrogen (secondary N) is 1. The molecule has 0 heterocycles. The summed E-state index contributed by atoms with van der Waals surface area (Å²) in [6, 6.07) is 6.81. The Morgan fingerprint density at radius 3 is 1.91 bits per heavy atom. The number of sulfonamides is 1. The summed E-state index contributed by atoms with van der Waals surface area (Å²) < 4.78 is 25.4. The summed E-state index contributed by atoms with van der Waals surface area (Å²) in [4.78, 5) is 10.5. The fraction of sp³-hybridized carbons (Fsp3) is 0.588. The Balaban J connectivity index is 3.16. The normalized spacial score (nSPS) is 14.5. The van der Waals surface area contributed by atoms with Crippen LogP contribution in [-0.2, 0) is 14.8 Å². The molecule has 0 radical (unpaired) electrons. The van der Waals surface area contributed by atoms with Crippen molar-refractivity contribution in [1.82, 2.24) is 4.72 Å². The van der Waals surface area contributed by atoms with E-state index in [1.807, 2.05) is 16.9 Å². The summed E-state index contributed by atoms with van der Waals surface area (Å²) in [7, 11) is -3.74. The van der Waals surface area contributed by atoms with Crippen LogP contribution in [-0.4, -0.2) is 14.8 Å². The highest BCUT2D eigenvalue weighted by Crippen LogP contribution is 2.43. The van der Waals surface area contributed by atoms with Crippen LogP contribution < -0.4 is 4.72 Å². The second-order valence-electron chi connectivity index (χ2n) is 7.99. The summed E-state index contributed by atoms with van der Waals surface area (Å²) in [6.07, 6.45) is 1.19. The Kier molecular flexibility index (Phi) is 5.44. The van der Waals surface area contributed by atoms with Crippen LogP contribution in [0.4, 0.5) is 0 Å². The van der Waals surface area contributed by atoms with Crippen molar-refractivity contribution in [3.8, 4) is 0 Å². The minimum Gasteiger partial charge on any atom is -0.278 e. The first-order valence-corrected chi connectivity index (χ1v) is 8.91. The zero-order chi connectivity index (χ0) is 17.2. The first-order chi connectivity index (χ1) is 9.87. The fourth-order valence-electron chi connectivity index (χ4n) is 2.55. The molecule has 124 valence electrons. The standard InChI is InChI=1S/C17H27NO3S/c1-16(2,3)11-15(17(4,5)6)13-7-9-14(10-8-13)22(20,21)18-12-19/h7-10,12,15H,11H2,1-6H3,(H,18,19). The number of amides is 1. The van der Waals surface area contributed by atoms with Gasteiger partial charge < -0.3 is 0 Å². The van der Waals surface area contributed by atoms with Crippen molar-refractivity contribution in [3.05, 3.63) is 29.8 Å². The molecule has 1 N–H and O–H groups in total. The molecule has 0 bridgehead atoms. The highest BCUT2D eigenvalue weighted by atomic mass is 32.2. The van der Waals surface area contributed by atoms with Gasteiger partial charge in [-0.1, -0.05) is 53.7 Å². The largest absolute Gasteiger partial charge is 0.278 e. The van der Waals surface area contributed by atoms with Crippen molar-refractivity contribution in [2.45, 2.75) is 58.8 Å². The van der Waals surface area contributed by atoms with Crippen LogP contribution in [0.2, 0.25) is 0 Å². The molecule has 0 saturated heterocycles. The van der Waals surface area contributed by atoms with Gasteiger partial charge >= 0.3 is 0 Å². The number of carbonyl (C=O) groups excluding carboxylic acids is 1. The molecular formula is C17H27NO3S. The van der Waals surface area contributed by atoms with E-state index in [2.05, 4.69) is 41.5 Å². The van der Waals surface area contributed by atoms with E-state index in [9.17, 15) is 13.2 Å². The van der Waals surface area contributed by atoms with Crippen molar-refractivity contribution in [3.63, 3.8) is 0 Å². The van der Waals surface area contributed by atoms with E-state index in [1.165, 1.54) is 0 Å². The van der Waals surface area contributed by atoms with E-state index >= 15 is 0 Å². The van der Waals surface area contributed by atoms with Gasteiger partial charge in [0.2, 0.25) is 6.41 Å². The zero-order valence-electron chi connectivity index (χ0n) is 14.3. The Hall–Kier alpha value is -1.36. The maximum Gasteiger partial charge on any atom is 0.263 e. The number of hydrogen-bond donors (Lipinski definition) is 1. The lowest BCUT2D eigenvalue weighted by molar-refractivity contribution is -0.108. The first kappa shape index (κ1) is 18.7. The molecule has 1 unspecified atom stereocenters. The highest BCUT2D eigenvalue weighted by Gasteiger charge is 2.30. The Bertz CT molecular complexity index is 605. The maximum atomic E-state index is 11.8. The maximum absolute atomic E-state index is 11.8. The predicted molar refractivity (Wildman–Crippen MR) is 89.1 cm³/mol. The average molecular weight is 325 g/mol. The smallest absolute Gasteiger partial charge is 0.263 e. The van der Waals surface area contributed by atoms with E-state index < -0.39 is 10.0 Å². The number of carbonyl (C=O) groups is 1. The summed E-state index contributed by atoms with van der Waals surface area (Å²) in [5, 5.41) is 0. The van der Waals surface area contributed by atoms with Crippen molar-refractivity contribution in [2.24, 2.45) is 10.8 Å². The third-order valence-electron chi connectivity index (χ3n) is 3.66. The van der Waals surface area contributed by atoms with E-state index in [1.54, 1.807) is 12.1 Å². The monoisotopic (exact) mass is 325 g/mol. The van der Waals surface area contributed by atoms with Crippen molar-refractivity contribution < 1.29 is 13.2 Å². The topological polar surface area (TPSA) is 63.2 Å². The van der Waals surface area contributed by atoms with Crippen LogP contribution in [0, 0.1) is 10.8 Å². The fourth-order valence-corrected chi connectivity index (χ4v) is 3.30. The Labute approximate surface area is 134 Å². The molecule has 1 aromatic rings. The number of hydrogen-bond acceptors (Lipinski definition) is 3. The van der Waals surface area contributed by atoms with Gasteiger partial charge in [-0.15, -0.1) is 0 Å². The molecule has 1 aromatic carbocycles. The van der Waals surface area contributed by atoms with E-state index in [0.29, 0.717) is 5.92 Å². The van der Waals surface area contributed by atoms with Gasteiger partial charge in [-0.2, -0.15) is 0 Å². The van der Waals surface area contributed by atoms with Crippen molar-refractivity contribution >= 4 is 16.4 Å². The van der Waals surface area contributed by atoms with Crippen molar-refractivity contribution in [2.75, 3.05) is 0 Å². The minimum absolute atomic E-state index is 0.0781. The summed E-state index contributed by atoms with van der Waals surface area (Å²) in [5.41, 5.74) is 1.38. The molecule has 5 heteroatoms. The molecule has 0 spiro atoms. The molecule has 0 aliphatic carbocycles. The molecule has 0 aliphatic heterocycles. The third-order valence-corrected chi connectivity index (χ3v) is 4.96. The predicted octanol–water partition coefficient (Wildman–Crippen LogP) is 3.69. The van der Waals surface area contributed by atoms with Gasteiger partial charge in [-0.25, -0.2) is 8.42 Å². The molecular weight excluding hydrogens is 298 g/mol. The van der Waals surface area contributed by atoms with Gasteiger partial charge in [0, 0.05) is 0 Å². The van der Waals surface area contributed by atoms with Crippen LogP contribution in [0.1, 0.15) is 59.4 Å². The third kappa shape index (κ3) is 5.13. The minimum atomic E-state index is -3.74. The van der Waals surface area contributed by atoms with Crippen LogP contribution in [0.15, 0.2) is 29.2 Å². The lowest BCUT2D eigenvalue weighted by Gasteiger charge is -2.36. The Morgan fingerprint density at radius 2 is 1.55 bits per heavy atom. The summed E-state index contributed by atoms with van der Waals surface area (Å²) in [6.45, 7) is 13.2. The highest BCUT2D eigenvalue weighted by molar-refractivity contribution is 7.90. The molecule has 1 atom stereocenters. The van der Waals surface area contributed by atoms with E-state index in [4.69, 9.17) is 0 Å². The number of benzene rings is 1. The molecule has 4 nitrogen and oxygen atoms in total. The first-order valence-electron chi connectivity index (χ1n) is 7.43. The molecule has 1 rings (SSSR count). The lowest BCUT2D eigenvalue weighted by atomic mass is 9.69. The Morgan fingerprint density at radius 1 is 1.05 bits per heavy atom. The lowest BCUT2D eigenvalue weighted by Crippen LogP contribution is -2.24. The van der Waals surface area contributed by atoms with Gasteiger partial charge in [0.15, 0.2) is 0 Å². The summed E-state index contributed by atoms with van der Waals surface area (Å²) >= 11 is 0. The van der Waals surface area contributed by atoms with Gasteiger partial charge in [0.25, 0.3) is 10.0 Å². The van der Waals surface area contributed by atoms with Crippen LogP contribution in [0.3, 0.4) is 0 Å². The molecule has 1 amide bonds. The number of rotatable bonds is 5. The summed E-state index contributed by atoms with van der Waals surface area (Å²) in [5.74, 6) is 0.322. The second kappa shape index (κ2) is 6.41. The molecule has 0 fully saturated rings. The molecule has 22 heavy (non-hydrogen) atoms. The van der Waals surface area contributed by atoms with Gasteiger partial charge in [0.05, 0.1) is 4.90 Å². The molecule has 0 saturated carbocycles. The van der Waals surface area contributed by atoms with E-state index in [-0.39, 0.29) is 22.1 Å². The van der Waals surface area contributed by atoms with Crippen molar-refractivity contribution in [1.29, 1.82) is 0 Å². The molecule has 0 aromatic heterocycles. The van der Waals surface area contributed by atoms with Crippen LogP contribution in [0.5, 0.6) is 0 Å². The van der Waals surface area contributed by atoms with Gasteiger partial charge in [-0.05, 0) is 40.9 Å². The van der Waals surface area contributed by atoms with Gasteiger partial charge in [0.1, 0.15) is 0 Å².